The van der Waals surface area contributed by atoms with E-state index in [-0.39, 0.29) is 22.8 Å². The minimum atomic E-state index is -3.96. The summed E-state index contributed by atoms with van der Waals surface area (Å²) in [5.74, 6) is -0.687. The fourth-order valence-electron chi connectivity index (χ4n) is 3.35. The van der Waals surface area contributed by atoms with E-state index in [0.717, 1.165) is 5.56 Å². The first-order chi connectivity index (χ1) is 14.2. The van der Waals surface area contributed by atoms with Crippen LogP contribution in [0.3, 0.4) is 0 Å². The number of carbonyl (C=O) groups excluding carboxylic acids is 2. The zero-order valence-electron chi connectivity index (χ0n) is 16.4. The van der Waals surface area contributed by atoms with Gasteiger partial charge < -0.3 is 14.5 Å². The zero-order chi connectivity index (χ0) is 21.9. The van der Waals surface area contributed by atoms with Crippen LogP contribution in [0.1, 0.15) is 15.9 Å². The highest BCUT2D eigenvalue weighted by Crippen LogP contribution is 2.26. The van der Waals surface area contributed by atoms with Crippen molar-refractivity contribution in [2.75, 3.05) is 38.2 Å². The summed E-state index contributed by atoms with van der Waals surface area (Å²) >= 11 is 6.14. The van der Waals surface area contributed by atoms with E-state index >= 15 is 0 Å². The van der Waals surface area contributed by atoms with Crippen molar-refractivity contribution in [1.29, 1.82) is 0 Å². The molecule has 0 radical (unpaired) electrons. The number of methoxy groups -OCH3 is 1. The first kappa shape index (κ1) is 22.1. The minimum Gasteiger partial charge on any atom is -0.465 e. The van der Waals surface area contributed by atoms with Crippen molar-refractivity contribution in [1.82, 2.24) is 4.90 Å². The number of piperazine rings is 1. The van der Waals surface area contributed by atoms with Crippen molar-refractivity contribution in [3.05, 3.63) is 58.6 Å². The van der Waals surface area contributed by atoms with Crippen molar-refractivity contribution in [3.8, 4) is 0 Å². The van der Waals surface area contributed by atoms with E-state index in [0.29, 0.717) is 36.9 Å². The number of nitrogens with two attached hydrogens (primary N) is 1. The third-order valence-corrected chi connectivity index (χ3v) is 6.25. The van der Waals surface area contributed by atoms with Crippen molar-refractivity contribution in [3.63, 3.8) is 0 Å². The Bertz CT molecular complexity index is 1070. The van der Waals surface area contributed by atoms with Crippen LogP contribution in [0.5, 0.6) is 0 Å². The summed E-state index contributed by atoms with van der Waals surface area (Å²) in [4.78, 5) is 28.3. The van der Waals surface area contributed by atoms with E-state index in [9.17, 15) is 18.0 Å². The number of esters is 1. The average molecular weight is 452 g/mol. The molecule has 1 saturated heterocycles. The quantitative estimate of drug-likeness (QED) is 0.692. The Morgan fingerprint density at radius 1 is 1.10 bits per heavy atom. The molecule has 160 valence electrons. The molecule has 30 heavy (non-hydrogen) atoms. The molecular formula is C20H22ClN3O5S. The van der Waals surface area contributed by atoms with Gasteiger partial charge in [-0.05, 0) is 29.8 Å². The summed E-state index contributed by atoms with van der Waals surface area (Å²) in [7, 11) is -2.73. The lowest BCUT2D eigenvalue weighted by molar-refractivity contribution is -0.130. The summed E-state index contributed by atoms with van der Waals surface area (Å²) in [6, 6.07) is 11.3. The molecule has 1 aliphatic heterocycles. The van der Waals surface area contributed by atoms with Gasteiger partial charge in [-0.2, -0.15) is 0 Å². The smallest absolute Gasteiger partial charge is 0.340 e. The highest BCUT2D eigenvalue weighted by Gasteiger charge is 2.26. The number of rotatable bonds is 5. The first-order valence-electron chi connectivity index (χ1n) is 9.22. The monoisotopic (exact) mass is 451 g/mol. The second-order valence-corrected chi connectivity index (χ2v) is 8.82. The fraction of sp³-hybridized carbons (Fsp3) is 0.300. The largest absolute Gasteiger partial charge is 0.465 e. The number of hydrogen-bond donors (Lipinski definition) is 1. The maximum absolute atomic E-state index is 12.6. The molecule has 10 heteroatoms. The summed E-state index contributed by atoms with van der Waals surface area (Å²) in [6.07, 6.45) is 0.218. The molecule has 2 aromatic carbocycles. The molecular weight excluding hydrogens is 430 g/mol. The number of carbonyl (C=O) groups is 2. The van der Waals surface area contributed by atoms with Crippen molar-refractivity contribution >= 4 is 39.2 Å². The van der Waals surface area contributed by atoms with Gasteiger partial charge in [0.25, 0.3) is 0 Å². The predicted octanol–water partition coefficient (Wildman–Crippen LogP) is 1.67. The van der Waals surface area contributed by atoms with Gasteiger partial charge in [0, 0.05) is 31.2 Å². The highest BCUT2D eigenvalue weighted by atomic mass is 35.5. The van der Waals surface area contributed by atoms with Crippen LogP contribution in [0.4, 0.5) is 5.69 Å². The standard InChI is InChI=1S/C20H22ClN3O5S/c1-29-20(26)16-13-15(30(22,27)28)6-7-18(16)23-8-10-24(11-9-23)19(25)12-14-4-2-3-5-17(14)21/h2-7,13H,8-12H2,1H3,(H2,22,27,28). The SMILES string of the molecule is COC(=O)c1cc(S(N)(=O)=O)ccc1N1CCN(C(=O)Cc2ccccc2Cl)CC1. The van der Waals surface area contributed by atoms with Gasteiger partial charge in [-0.25, -0.2) is 18.4 Å². The maximum atomic E-state index is 12.6. The summed E-state index contributed by atoms with van der Waals surface area (Å²) < 4.78 is 28.1. The Kier molecular flexibility index (Phi) is 6.64. The van der Waals surface area contributed by atoms with E-state index in [1.165, 1.54) is 25.3 Å². The normalized spacial score (nSPS) is 14.5. The molecule has 1 heterocycles. The second-order valence-electron chi connectivity index (χ2n) is 6.85. The van der Waals surface area contributed by atoms with Gasteiger partial charge in [0.1, 0.15) is 0 Å². The molecule has 3 rings (SSSR count). The topological polar surface area (TPSA) is 110 Å². The zero-order valence-corrected chi connectivity index (χ0v) is 17.9. The lowest BCUT2D eigenvalue weighted by Crippen LogP contribution is -2.49. The predicted molar refractivity (Wildman–Crippen MR) is 113 cm³/mol. The molecule has 0 aliphatic carbocycles. The third kappa shape index (κ3) is 4.92. The van der Waals surface area contributed by atoms with E-state index < -0.39 is 16.0 Å². The number of primary sulfonamides is 1. The van der Waals surface area contributed by atoms with E-state index in [1.807, 2.05) is 23.1 Å². The van der Waals surface area contributed by atoms with Crippen LogP contribution >= 0.6 is 11.6 Å². The summed E-state index contributed by atoms with van der Waals surface area (Å²) in [5.41, 5.74) is 1.42. The van der Waals surface area contributed by atoms with Gasteiger partial charge in [0.2, 0.25) is 15.9 Å². The van der Waals surface area contributed by atoms with Crippen LogP contribution in [0, 0.1) is 0 Å². The van der Waals surface area contributed by atoms with Crippen molar-refractivity contribution in [2.24, 2.45) is 5.14 Å². The Labute approximate surface area is 180 Å². The Balaban J connectivity index is 1.73. The molecule has 0 saturated carbocycles. The highest BCUT2D eigenvalue weighted by molar-refractivity contribution is 7.89. The van der Waals surface area contributed by atoms with Crippen LogP contribution in [0.25, 0.3) is 0 Å². The second kappa shape index (κ2) is 9.03. The molecule has 0 aromatic heterocycles. The Morgan fingerprint density at radius 2 is 1.77 bits per heavy atom. The minimum absolute atomic E-state index is 0.0273. The number of benzene rings is 2. The van der Waals surface area contributed by atoms with Gasteiger partial charge in [-0.3, -0.25) is 4.79 Å². The van der Waals surface area contributed by atoms with Gasteiger partial charge in [-0.15, -0.1) is 0 Å². The number of sulfonamides is 1. The number of anilines is 1. The number of amides is 1. The molecule has 1 fully saturated rings. The van der Waals surface area contributed by atoms with E-state index in [2.05, 4.69) is 0 Å². The lowest BCUT2D eigenvalue weighted by atomic mass is 10.1. The molecule has 2 N–H and O–H groups in total. The fourth-order valence-corrected chi connectivity index (χ4v) is 4.10. The number of hydrogen-bond acceptors (Lipinski definition) is 6. The molecule has 0 atom stereocenters. The molecule has 8 nitrogen and oxygen atoms in total. The molecule has 2 aromatic rings. The Hall–Kier alpha value is -2.62. The maximum Gasteiger partial charge on any atom is 0.340 e. The number of ether oxygens (including phenoxy) is 1. The van der Waals surface area contributed by atoms with Crippen molar-refractivity contribution in [2.45, 2.75) is 11.3 Å². The van der Waals surface area contributed by atoms with Crippen LogP contribution in [-0.4, -0.2) is 58.5 Å². The molecule has 0 bridgehead atoms. The average Bonchev–Trinajstić information content (AvgIpc) is 2.74. The van der Waals surface area contributed by atoms with Gasteiger partial charge >= 0.3 is 5.97 Å². The summed E-state index contributed by atoms with van der Waals surface area (Å²) in [6.45, 7) is 1.88. The number of halogens is 1. The van der Waals surface area contributed by atoms with E-state index in [4.69, 9.17) is 21.5 Å². The number of nitrogens with zero attached hydrogens (tertiary/aromatic N) is 2. The van der Waals surface area contributed by atoms with Crippen LogP contribution in [0.15, 0.2) is 47.4 Å². The Morgan fingerprint density at radius 3 is 2.37 bits per heavy atom. The molecule has 1 amide bonds. The van der Waals surface area contributed by atoms with Gasteiger partial charge in [-0.1, -0.05) is 29.8 Å². The van der Waals surface area contributed by atoms with Crippen LogP contribution in [-0.2, 0) is 26.0 Å². The molecule has 0 spiro atoms. The van der Waals surface area contributed by atoms with Crippen molar-refractivity contribution < 1.29 is 22.7 Å². The van der Waals surface area contributed by atoms with Crippen LogP contribution in [0.2, 0.25) is 5.02 Å². The van der Waals surface area contributed by atoms with Gasteiger partial charge in [0.05, 0.1) is 29.7 Å². The third-order valence-electron chi connectivity index (χ3n) is 4.97. The first-order valence-corrected chi connectivity index (χ1v) is 11.1. The van der Waals surface area contributed by atoms with Gasteiger partial charge in [0.15, 0.2) is 0 Å². The lowest BCUT2D eigenvalue weighted by Gasteiger charge is -2.37. The summed E-state index contributed by atoms with van der Waals surface area (Å²) in [5, 5.41) is 5.73. The molecule has 1 aliphatic rings. The van der Waals surface area contributed by atoms with Crippen LogP contribution < -0.4 is 10.0 Å². The van der Waals surface area contributed by atoms with E-state index in [1.54, 1.807) is 11.0 Å². The molecule has 0 unspecified atom stereocenters.